The molecule has 6 heterocycles. The molecule has 16 nitrogen and oxygen atoms in total. The maximum atomic E-state index is 13.7. The van der Waals surface area contributed by atoms with Crippen molar-refractivity contribution in [3.05, 3.63) is 222 Å². The van der Waals surface area contributed by atoms with Crippen molar-refractivity contribution in [3.8, 4) is 11.4 Å². The minimum absolute atomic E-state index is 0.179. The van der Waals surface area contributed by atoms with Crippen LogP contribution in [0.3, 0.4) is 0 Å². The SMILES string of the molecule is CC(NC(=O)c1nn(-c2ccc(Cl)cc2Cl)c2c1CCN/C2=C\c1ccc(F)cc1)c1ccccn1.COC(=O)Cl.COC(=O)N1CCc2c(C(=O)NC(C)c3ccccn3)nn(-c3ccc(Cl)cc3Cl)c2/C1=C/c1ccc(F)cc1. The average molecular weight is 1200 g/mol. The molecule has 10 rings (SSSR count). The number of nitrogens with zero attached hydrogens (tertiary/aromatic N) is 7. The number of rotatable bonds is 10. The number of carbonyl (C=O) groups is 4. The van der Waals surface area contributed by atoms with Gasteiger partial charge in [-0.1, -0.05) is 82.8 Å². The summed E-state index contributed by atoms with van der Waals surface area (Å²) >= 11 is 30.0. The molecule has 0 bridgehead atoms. The third kappa shape index (κ3) is 14.3. The minimum atomic E-state index is -0.773. The molecule has 0 saturated heterocycles. The van der Waals surface area contributed by atoms with Crippen LogP contribution in [-0.2, 0) is 22.3 Å². The van der Waals surface area contributed by atoms with Crippen molar-refractivity contribution in [2.24, 2.45) is 0 Å². The number of hydrogen-bond donors (Lipinski definition) is 3. The molecule has 81 heavy (non-hydrogen) atoms. The Hall–Kier alpha value is -8.13. The Kier molecular flexibility index (Phi) is 19.6. The number of methoxy groups -OCH3 is 2. The summed E-state index contributed by atoms with van der Waals surface area (Å²) in [6, 6.07) is 32.4. The highest BCUT2D eigenvalue weighted by atomic mass is 35.5. The number of nitrogens with one attached hydrogen (secondary N) is 3. The maximum absolute atomic E-state index is 13.7. The smallest absolute Gasteiger partial charge is 0.414 e. The standard InChI is InChI=1S/C29H24Cl2FN5O3.C27H22Cl2FN5O.C2H3ClO2/c1-17(23-5-3-4-13-33-23)34-28(38)26-21-12-14-36(29(39)40-2)25(15-18-6-9-20(32)10-7-18)27(21)37(35-26)24-11-8-19(30)16-22(24)31;1-16(22-4-2-3-12-31-22)33-27(36)25-20-11-13-32-23(14-17-5-8-19(30)9-6-17)26(20)35(34-25)24-10-7-18(28)15-21(24)29;1-5-2(3)4/h3-11,13,15-17H,12,14H2,1-2H3,(H,34,38);2-10,12,14-16,32H,11,13H2,1H3,(H,33,36);1H3/b25-15-;23-14-;. The molecule has 2 unspecified atom stereocenters. The van der Waals surface area contributed by atoms with Crippen molar-refractivity contribution >= 4 is 105 Å². The zero-order chi connectivity index (χ0) is 57.9. The topological polar surface area (TPSA) is 187 Å². The molecule has 0 aliphatic carbocycles. The van der Waals surface area contributed by atoms with Gasteiger partial charge in [-0.05, 0) is 135 Å². The number of ether oxygens (including phenoxy) is 2. The fourth-order valence-electron chi connectivity index (χ4n) is 8.76. The fourth-order valence-corrected chi connectivity index (χ4v) is 9.74. The summed E-state index contributed by atoms with van der Waals surface area (Å²) in [6.07, 6.45) is 7.27. The Bertz CT molecular complexity index is 3660. The van der Waals surface area contributed by atoms with Crippen LogP contribution in [0.15, 0.2) is 134 Å². The molecule has 0 spiro atoms. The number of amides is 3. The van der Waals surface area contributed by atoms with Crippen LogP contribution in [-0.4, -0.2) is 85.1 Å². The molecule has 2 aliphatic heterocycles. The predicted octanol–water partition coefficient (Wildman–Crippen LogP) is 13.2. The Balaban J connectivity index is 0.000000197. The van der Waals surface area contributed by atoms with Gasteiger partial charge in [0.05, 0.1) is 81.9 Å². The number of pyridine rings is 2. The fraction of sp³-hybridized carbons (Fsp3) is 0.172. The highest BCUT2D eigenvalue weighted by molar-refractivity contribution is 6.61. The van der Waals surface area contributed by atoms with Crippen LogP contribution in [0.2, 0.25) is 20.1 Å². The van der Waals surface area contributed by atoms with Gasteiger partial charge in [0.1, 0.15) is 11.6 Å². The molecule has 0 fully saturated rings. The van der Waals surface area contributed by atoms with E-state index in [0.29, 0.717) is 90.5 Å². The highest BCUT2D eigenvalue weighted by Crippen LogP contribution is 2.38. The number of fused-ring (bicyclic) bond motifs is 2. The van der Waals surface area contributed by atoms with Crippen LogP contribution >= 0.6 is 58.0 Å². The van der Waals surface area contributed by atoms with E-state index in [-0.39, 0.29) is 30.0 Å². The number of hydrogen-bond acceptors (Lipinski definition) is 11. The second kappa shape index (κ2) is 26.9. The van der Waals surface area contributed by atoms with Gasteiger partial charge in [0.25, 0.3) is 11.8 Å². The molecule has 4 aromatic carbocycles. The molecule has 2 atom stereocenters. The van der Waals surface area contributed by atoms with Crippen LogP contribution < -0.4 is 16.0 Å². The molecule has 3 amide bonds. The van der Waals surface area contributed by atoms with Gasteiger partial charge in [0.2, 0.25) is 0 Å². The van der Waals surface area contributed by atoms with Crippen molar-refractivity contribution in [1.82, 2.24) is 50.4 Å². The van der Waals surface area contributed by atoms with E-state index in [1.165, 1.54) is 48.1 Å². The van der Waals surface area contributed by atoms with E-state index in [2.05, 4.69) is 42.3 Å². The molecule has 0 radical (unpaired) electrons. The van der Waals surface area contributed by atoms with Gasteiger partial charge < -0.3 is 25.4 Å². The first-order valence-corrected chi connectivity index (χ1v) is 26.7. The quantitative estimate of drug-likeness (QED) is 0.111. The number of carbonyl (C=O) groups excluding carboxylic acids is 4. The second-order valence-corrected chi connectivity index (χ2v) is 19.9. The van der Waals surface area contributed by atoms with Crippen LogP contribution in [0.1, 0.15) is 91.9 Å². The van der Waals surface area contributed by atoms with Crippen molar-refractivity contribution in [2.45, 2.75) is 38.8 Å². The Labute approximate surface area is 489 Å². The van der Waals surface area contributed by atoms with Gasteiger partial charge in [-0.3, -0.25) is 24.5 Å². The summed E-state index contributed by atoms with van der Waals surface area (Å²) in [5.41, 5.74) is 7.38. The van der Waals surface area contributed by atoms with Crippen molar-refractivity contribution < 1.29 is 37.4 Å². The molecular weight excluding hydrogens is 1150 g/mol. The van der Waals surface area contributed by atoms with Gasteiger partial charge in [-0.15, -0.1) is 0 Å². The first kappa shape index (κ1) is 59.0. The highest BCUT2D eigenvalue weighted by Gasteiger charge is 2.36. The third-order valence-electron chi connectivity index (χ3n) is 12.6. The largest absolute Gasteiger partial charge is 0.457 e. The molecule has 0 saturated carbocycles. The van der Waals surface area contributed by atoms with E-state index in [4.69, 9.17) is 61.3 Å². The summed E-state index contributed by atoms with van der Waals surface area (Å²) in [5.74, 6) is -1.43. The third-order valence-corrected chi connectivity index (χ3v) is 13.8. The number of aromatic nitrogens is 6. The number of benzene rings is 4. The van der Waals surface area contributed by atoms with Crippen LogP contribution in [0.25, 0.3) is 34.9 Å². The van der Waals surface area contributed by atoms with Crippen LogP contribution in [0.5, 0.6) is 0 Å². The van der Waals surface area contributed by atoms with E-state index in [0.717, 1.165) is 22.5 Å². The second-order valence-electron chi connectivity index (χ2n) is 17.9. The summed E-state index contributed by atoms with van der Waals surface area (Å²) in [4.78, 5) is 59.4. The van der Waals surface area contributed by atoms with Gasteiger partial charge in [0.15, 0.2) is 11.4 Å². The van der Waals surface area contributed by atoms with E-state index < -0.39 is 29.3 Å². The normalized spacial score (nSPS) is 14.1. The zero-order valence-electron chi connectivity index (χ0n) is 43.6. The molecule has 2 aliphatic rings. The van der Waals surface area contributed by atoms with Gasteiger partial charge in [-0.2, -0.15) is 10.2 Å². The van der Waals surface area contributed by atoms with Gasteiger partial charge in [0, 0.05) is 58.3 Å². The van der Waals surface area contributed by atoms with E-state index in [1.807, 2.05) is 50.3 Å². The first-order chi connectivity index (χ1) is 38.9. The number of halogens is 7. The lowest BCUT2D eigenvalue weighted by atomic mass is 9.99. The maximum Gasteiger partial charge on any atom is 0.414 e. The van der Waals surface area contributed by atoms with Crippen LogP contribution in [0, 0.1) is 11.6 Å². The van der Waals surface area contributed by atoms with Gasteiger partial charge >= 0.3 is 11.5 Å². The van der Waals surface area contributed by atoms with Crippen molar-refractivity contribution in [3.63, 3.8) is 0 Å². The first-order valence-electron chi connectivity index (χ1n) is 24.8. The Morgan fingerprint density at radius 1 is 0.630 bits per heavy atom. The zero-order valence-corrected chi connectivity index (χ0v) is 47.3. The molecule has 3 N–H and O–H groups in total. The lowest BCUT2D eigenvalue weighted by molar-refractivity contribution is 0.0924. The van der Waals surface area contributed by atoms with Crippen molar-refractivity contribution in [1.29, 1.82) is 0 Å². The monoisotopic (exact) mass is 1190 g/mol. The van der Waals surface area contributed by atoms with Crippen LogP contribution in [0.4, 0.5) is 18.4 Å². The minimum Gasteiger partial charge on any atom is -0.457 e. The molecule has 416 valence electrons. The van der Waals surface area contributed by atoms with Crippen molar-refractivity contribution in [2.75, 3.05) is 27.3 Å². The Morgan fingerprint density at radius 3 is 1.54 bits per heavy atom. The molecule has 4 aromatic heterocycles. The molecular formula is C58H49Cl5F2N10O6. The summed E-state index contributed by atoms with van der Waals surface area (Å²) in [5, 5.41) is 20.4. The summed E-state index contributed by atoms with van der Waals surface area (Å²) in [6.45, 7) is 4.54. The lowest BCUT2D eigenvalue weighted by Crippen LogP contribution is -2.36. The Morgan fingerprint density at radius 2 is 1.10 bits per heavy atom. The van der Waals surface area contributed by atoms with Gasteiger partial charge in [-0.25, -0.2) is 27.7 Å². The summed E-state index contributed by atoms with van der Waals surface area (Å²) in [7, 11) is 2.51. The van der Waals surface area contributed by atoms with E-state index in [9.17, 15) is 28.0 Å². The molecule has 23 heteroatoms. The predicted molar refractivity (Wildman–Crippen MR) is 309 cm³/mol. The van der Waals surface area contributed by atoms with E-state index in [1.54, 1.807) is 89.9 Å². The van der Waals surface area contributed by atoms with E-state index >= 15 is 0 Å². The summed E-state index contributed by atoms with van der Waals surface area (Å²) < 4.78 is 39.2. The average Bonchev–Trinajstić information content (AvgIpc) is 3.34. The molecule has 8 aromatic rings. The lowest BCUT2D eigenvalue weighted by Gasteiger charge is -2.30.